The van der Waals surface area contributed by atoms with E-state index in [-0.39, 0.29) is 6.10 Å². The van der Waals surface area contributed by atoms with Crippen LogP contribution in [0, 0.1) is 0 Å². The summed E-state index contributed by atoms with van der Waals surface area (Å²) in [5, 5.41) is 11.1. The van der Waals surface area contributed by atoms with Gasteiger partial charge in [0.15, 0.2) is 0 Å². The summed E-state index contributed by atoms with van der Waals surface area (Å²) < 4.78 is 0. The van der Waals surface area contributed by atoms with E-state index >= 15 is 0 Å². The van der Waals surface area contributed by atoms with Crippen LogP contribution in [0.2, 0.25) is 10.0 Å². The Labute approximate surface area is 105 Å². The molecular weight excluding hydrogens is 251 g/mol. The number of benzene rings is 1. The van der Waals surface area contributed by atoms with Crippen molar-refractivity contribution in [3.8, 4) is 0 Å². The second-order valence-corrected chi connectivity index (χ2v) is 5.42. The molecule has 0 spiro atoms. The van der Waals surface area contributed by atoms with Gasteiger partial charge in [0.2, 0.25) is 0 Å². The molecule has 15 heavy (non-hydrogen) atoms. The van der Waals surface area contributed by atoms with Gasteiger partial charge in [0.25, 0.3) is 0 Å². The van der Waals surface area contributed by atoms with Gasteiger partial charge >= 0.3 is 0 Å². The van der Waals surface area contributed by atoms with Gasteiger partial charge in [0.05, 0.1) is 6.10 Å². The predicted molar refractivity (Wildman–Crippen MR) is 69.2 cm³/mol. The molecule has 1 unspecified atom stereocenters. The molecule has 4 heteroatoms. The van der Waals surface area contributed by atoms with E-state index in [1.165, 1.54) is 0 Å². The zero-order valence-electron chi connectivity index (χ0n) is 8.54. The number of aliphatic hydroxyl groups is 1. The average Bonchev–Trinajstić information content (AvgIpc) is 2.20. The van der Waals surface area contributed by atoms with E-state index in [4.69, 9.17) is 23.2 Å². The van der Waals surface area contributed by atoms with Crippen LogP contribution in [0.5, 0.6) is 0 Å². The lowest BCUT2D eigenvalue weighted by Gasteiger charge is -2.11. The van der Waals surface area contributed by atoms with Gasteiger partial charge in [-0.3, -0.25) is 0 Å². The molecule has 0 radical (unpaired) electrons. The second kappa shape index (κ2) is 6.64. The summed E-state index contributed by atoms with van der Waals surface area (Å²) >= 11 is 13.6. The molecule has 1 rings (SSSR count). The van der Waals surface area contributed by atoms with E-state index < -0.39 is 0 Å². The van der Waals surface area contributed by atoms with E-state index in [0.29, 0.717) is 16.5 Å². The van der Waals surface area contributed by atoms with Crippen molar-refractivity contribution < 1.29 is 5.11 Å². The highest BCUT2D eigenvalue weighted by Gasteiger charge is 2.08. The monoisotopic (exact) mass is 264 g/mol. The molecule has 0 aliphatic rings. The van der Waals surface area contributed by atoms with Crippen LogP contribution >= 0.6 is 35.0 Å². The van der Waals surface area contributed by atoms with Crippen molar-refractivity contribution in [1.29, 1.82) is 0 Å². The molecule has 0 aromatic heterocycles. The highest BCUT2D eigenvalue weighted by Crippen LogP contribution is 2.22. The number of halogens is 2. The van der Waals surface area contributed by atoms with E-state index in [9.17, 15) is 5.11 Å². The van der Waals surface area contributed by atoms with E-state index in [1.807, 2.05) is 6.07 Å². The largest absolute Gasteiger partial charge is 0.392 e. The van der Waals surface area contributed by atoms with Crippen molar-refractivity contribution in [2.75, 3.05) is 11.5 Å². The van der Waals surface area contributed by atoms with Crippen molar-refractivity contribution in [3.63, 3.8) is 0 Å². The normalized spacial score (nSPS) is 12.8. The lowest BCUT2D eigenvalue weighted by Crippen LogP contribution is -2.14. The minimum atomic E-state index is -0.356. The third kappa shape index (κ3) is 4.64. The van der Waals surface area contributed by atoms with Gasteiger partial charge in [0, 0.05) is 22.2 Å². The first-order valence-corrected chi connectivity index (χ1v) is 6.74. The molecule has 84 valence electrons. The second-order valence-electron chi connectivity index (χ2n) is 3.25. The Morgan fingerprint density at radius 3 is 2.80 bits per heavy atom. The number of hydrogen-bond acceptors (Lipinski definition) is 2. The maximum Gasteiger partial charge on any atom is 0.0671 e. The molecule has 0 saturated heterocycles. The highest BCUT2D eigenvalue weighted by atomic mass is 35.5. The number of hydrogen-bond donors (Lipinski definition) is 1. The Morgan fingerprint density at radius 2 is 2.13 bits per heavy atom. The van der Waals surface area contributed by atoms with Gasteiger partial charge in [-0.15, -0.1) is 0 Å². The minimum absolute atomic E-state index is 0.356. The summed E-state index contributed by atoms with van der Waals surface area (Å²) in [4.78, 5) is 0. The SMILES string of the molecule is CCSCC(O)Cc1cc(Cl)ccc1Cl. The van der Waals surface area contributed by atoms with Crippen LogP contribution in [0.15, 0.2) is 18.2 Å². The van der Waals surface area contributed by atoms with Crippen LogP contribution < -0.4 is 0 Å². The molecule has 0 bridgehead atoms. The van der Waals surface area contributed by atoms with Crippen LogP contribution in [-0.2, 0) is 6.42 Å². The molecule has 1 aromatic rings. The zero-order chi connectivity index (χ0) is 11.3. The Bertz CT molecular complexity index is 317. The van der Waals surface area contributed by atoms with Crippen molar-refractivity contribution in [2.45, 2.75) is 19.4 Å². The molecule has 1 aromatic carbocycles. The number of thioether (sulfide) groups is 1. The lowest BCUT2D eigenvalue weighted by molar-refractivity contribution is 0.200. The maximum atomic E-state index is 9.73. The molecule has 0 amide bonds. The zero-order valence-corrected chi connectivity index (χ0v) is 10.9. The van der Waals surface area contributed by atoms with Crippen molar-refractivity contribution >= 4 is 35.0 Å². The first kappa shape index (κ1) is 13.2. The number of aliphatic hydroxyl groups excluding tert-OH is 1. The Hall–Kier alpha value is 0.110. The summed E-state index contributed by atoms with van der Waals surface area (Å²) in [5.74, 6) is 1.75. The van der Waals surface area contributed by atoms with Gasteiger partial charge in [-0.05, 0) is 29.5 Å². The molecule has 0 aliphatic heterocycles. The number of rotatable bonds is 5. The molecule has 1 atom stereocenters. The van der Waals surface area contributed by atoms with Gasteiger partial charge < -0.3 is 5.11 Å². The molecule has 0 fully saturated rings. The molecular formula is C11H14Cl2OS. The summed E-state index contributed by atoms with van der Waals surface area (Å²) in [5.41, 5.74) is 0.911. The van der Waals surface area contributed by atoms with Gasteiger partial charge in [0.1, 0.15) is 0 Å². The summed E-state index contributed by atoms with van der Waals surface area (Å²) in [6, 6.07) is 5.32. The molecule has 1 nitrogen and oxygen atoms in total. The van der Waals surface area contributed by atoms with Gasteiger partial charge in [-0.25, -0.2) is 0 Å². The summed E-state index contributed by atoms with van der Waals surface area (Å²) in [6.07, 6.45) is 0.206. The summed E-state index contributed by atoms with van der Waals surface area (Å²) in [7, 11) is 0. The van der Waals surface area contributed by atoms with Crippen LogP contribution in [-0.4, -0.2) is 22.7 Å². The van der Waals surface area contributed by atoms with Gasteiger partial charge in [-0.2, -0.15) is 11.8 Å². The molecule has 0 heterocycles. The fourth-order valence-electron chi connectivity index (χ4n) is 1.27. The Morgan fingerprint density at radius 1 is 1.40 bits per heavy atom. The van der Waals surface area contributed by atoms with E-state index in [0.717, 1.165) is 17.1 Å². The first-order valence-electron chi connectivity index (χ1n) is 4.83. The molecule has 0 aliphatic carbocycles. The Kier molecular flexibility index (Phi) is 5.83. The summed E-state index contributed by atoms with van der Waals surface area (Å²) in [6.45, 7) is 2.07. The van der Waals surface area contributed by atoms with Crippen LogP contribution in [0.3, 0.4) is 0 Å². The topological polar surface area (TPSA) is 20.2 Å². The standard InChI is InChI=1S/C11H14Cl2OS/c1-2-15-7-10(14)6-8-5-9(12)3-4-11(8)13/h3-5,10,14H,2,6-7H2,1H3. The van der Waals surface area contributed by atoms with Gasteiger partial charge in [-0.1, -0.05) is 30.1 Å². The smallest absolute Gasteiger partial charge is 0.0671 e. The fourth-order valence-corrected chi connectivity index (χ4v) is 2.28. The molecule has 0 saturated carbocycles. The Balaban J connectivity index is 2.59. The third-order valence-corrected chi connectivity index (χ3v) is 3.61. The van der Waals surface area contributed by atoms with E-state index in [2.05, 4.69) is 6.92 Å². The van der Waals surface area contributed by atoms with E-state index in [1.54, 1.807) is 23.9 Å². The maximum absolute atomic E-state index is 9.73. The fraction of sp³-hybridized carbons (Fsp3) is 0.455. The predicted octanol–water partition coefficient (Wildman–Crippen LogP) is 3.65. The van der Waals surface area contributed by atoms with Crippen LogP contribution in [0.25, 0.3) is 0 Å². The van der Waals surface area contributed by atoms with Crippen LogP contribution in [0.4, 0.5) is 0 Å². The highest BCUT2D eigenvalue weighted by molar-refractivity contribution is 7.99. The van der Waals surface area contributed by atoms with Crippen LogP contribution in [0.1, 0.15) is 12.5 Å². The third-order valence-electron chi connectivity index (χ3n) is 1.98. The van der Waals surface area contributed by atoms with Crippen molar-refractivity contribution in [2.24, 2.45) is 0 Å². The van der Waals surface area contributed by atoms with Crippen molar-refractivity contribution in [1.82, 2.24) is 0 Å². The minimum Gasteiger partial charge on any atom is -0.392 e. The lowest BCUT2D eigenvalue weighted by atomic mass is 10.1. The van der Waals surface area contributed by atoms with Crippen molar-refractivity contribution in [3.05, 3.63) is 33.8 Å². The first-order chi connectivity index (χ1) is 7.13. The molecule has 1 N–H and O–H groups in total. The average molecular weight is 265 g/mol. The quantitative estimate of drug-likeness (QED) is 0.876.